The Morgan fingerprint density at radius 3 is 2.64 bits per heavy atom. The predicted molar refractivity (Wildman–Crippen MR) is 96.9 cm³/mol. The summed E-state index contributed by atoms with van der Waals surface area (Å²) in [5.74, 6) is -1.76. The molecule has 0 aliphatic carbocycles. The fourth-order valence-corrected chi connectivity index (χ4v) is 3.27. The van der Waals surface area contributed by atoms with Crippen molar-refractivity contribution in [3.63, 3.8) is 0 Å². The van der Waals surface area contributed by atoms with E-state index in [2.05, 4.69) is 10.6 Å². The third-order valence-corrected chi connectivity index (χ3v) is 4.76. The maximum atomic E-state index is 12.0. The normalized spacial score (nSPS) is 11.4. The van der Waals surface area contributed by atoms with Gasteiger partial charge in [0, 0.05) is 23.6 Å². The summed E-state index contributed by atoms with van der Waals surface area (Å²) in [6.07, 6.45) is -0.421. The van der Waals surface area contributed by atoms with E-state index in [-0.39, 0.29) is 17.8 Å². The highest BCUT2D eigenvalue weighted by molar-refractivity contribution is 7.16. The lowest BCUT2D eigenvalue weighted by atomic mass is 10.2. The molecule has 0 fully saturated rings. The van der Waals surface area contributed by atoms with Crippen LogP contribution in [0, 0.1) is 11.3 Å². The van der Waals surface area contributed by atoms with E-state index in [0.29, 0.717) is 9.36 Å². The highest BCUT2D eigenvalue weighted by Gasteiger charge is 2.19. The van der Waals surface area contributed by atoms with E-state index in [0.717, 1.165) is 4.88 Å². The Labute approximate surface area is 158 Å². The minimum absolute atomic E-state index is 0.0975. The standard InChI is InChI=1S/C16H13Cl2N3O3S/c1-24-12(13-4-5-14(18)25-13)8-20-15(22)16(23)21-11-6-10(17)3-2-9(11)7-19/h2-6,12H,8H2,1H3,(H,20,22)(H,21,23)/t12-/m0/s1. The van der Waals surface area contributed by atoms with Gasteiger partial charge in [0.25, 0.3) is 0 Å². The predicted octanol–water partition coefficient (Wildman–Crippen LogP) is 3.37. The minimum atomic E-state index is -0.905. The number of hydrogen-bond acceptors (Lipinski definition) is 5. The van der Waals surface area contributed by atoms with Gasteiger partial charge in [0.2, 0.25) is 0 Å². The third kappa shape index (κ3) is 5.18. The summed E-state index contributed by atoms with van der Waals surface area (Å²) in [7, 11) is 1.50. The van der Waals surface area contributed by atoms with Gasteiger partial charge in [-0.15, -0.1) is 11.3 Å². The SMILES string of the molecule is CO[C@@H](CNC(=O)C(=O)Nc1cc(Cl)ccc1C#N)c1ccc(Cl)s1. The number of rotatable bonds is 5. The summed E-state index contributed by atoms with van der Waals surface area (Å²) < 4.78 is 5.90. The van der Waals surface area contributed by atoms with Gasteiger partial charge in [0.1, 0.15) is 12.2 Å². The molecule has 1 heterocycles. The Hall–Kier alpha value is -2.11. The molecule has 1 aromatic heterocycles. The summed E-state index contributed by atoms with van der Waals surface area (Å²) in [5, 5.41) is 14.2. The molecular weight excluding hydrogens is 385 g/mol. The Balaban J connectivity index is 1.98. The van der Waals surface area contributed by atoms with Crippen molar-refractivity contribution in [2.24, 2.45) is 0 Å². The van der Waals surface area contributed by atoms with Gasteiger partial charge in [0.15, 0.2) is 0 Å². The first-order valence-electron chi connectivity index (χ1n) is 7.01. The van der Waals surface area contributed by atoms with Gasteiger partial charge in [-0.2, -0.15) is 5.26 Å². The molecule has 130 valence electrons. The van der Waals surface area contributed by atoms with E-state index < -0.39 is 17.9 Å². The van der Waals surface area contributed by atoms with Gasteiger partial charge in [-0.3, -0.25) is 9.59 Å². The second-order valence-electron chi connectivity index (χ2n) is 4.83. The zero-order valence-electron chi connectivity index (χ0n) is 13.0. The van der Waals surface area contributed by atoms with Crippen molar-refractivity contribution >= 4 is 52.0 Å². The van der Waals surface area contributed by atoms with Crippen molar-refractivity contribution in [3.8, 4) is 6.07 Å². The maximum absolute atomic E-state index is 12.0. The van der Waals surface area contributed by atoms with Crippen molar-refractivity contribution < 1.29 is 14.3 Å². The van der Waals surface area contributed by atoms with E-state index in [1.165, 1.54) is 36.6 Å². The molecule has 0 saturated heterocycles. The first-order chi connectivity index (χ1) is 11.9. The number of nitriles is 1. The smallest absolute Gasteiger partial charge is 0.313 e. The molecule has 0 radical (unpaired) electrons. The van der Waals surface area contributed by atoms with E-state index in [1.807, 2.05) is 6.07 Å². The molecule has 25 heavy (non-hydrogen) atoms. The van der Waals surface area contributed by atoms with Gasteiger partial charge in [-0.1, -0.05) is 23.2 Å². The molecule has 1 atom stereocenters. The first kappa shape index (κ1) is 19.2. The number of ether oxygens (including phenoxy) is 1. The van der Waals surface area contributed by atoms with Crippen molar-refractivity contribution in [2.45, 2.75) is 6.10 Å². The highest BCUT2D eigenvalue weighted by atomic mass is 35.5. The quantitative estimate of drug-likeness (QED) is 0.756. The zero-order chi connectivity index (χ0) is 18.4. The molecule has 2 rings (SSSR count). The molecule has 0 aliphatic rings. The molecule has 2 N–H and O–H groups in total. The van der Waals surface area contributed by atoms with Crippen LogP contribution in [0.25, 0.3) is 0 Å². The topological polar surface area (TPSA) is 91.2 Å². The molecule has 6 nitrogen and oxygen atoms in total. The Morgan fingerprint density at radius 1 is 1.28 bits per heavy atom. The molecule has 2 aromatic rings. The van der Waals surface area contributed by atoms with Gasteiger partial charge in [0.05, 0.1) is 15.6 Å². The van der Waals surface area contributed by atoms with Gasteiger partial charge < -0.3 is 15.4 Å². The highest BCUT2D eigenvalue weighted by Crippen LogP contribution is 2.28. The molecule has 9 heteroatoms. The second kappa shape index (κ2) is 8.83. The Morgan fingerprint density at radius 2 is 2.04 bits per heavy atom. The molecule has 2 amide bonds. The number of carbonyl (C=O) groups is 2. The fraction of sp³-hybridized carbons (Fsp3) is 0.188. The number of halogens is 2. The lowest BCUT2D eigenvalue weighted by molar-refractivity contribution is -0.136. The van der Waals surface area contributed by atoms with Gasteiger partial charge in [-0.25, -0.2) is 0 Å². The van der Waals surface area contributed by atoms with Crippen LogP contribution in [0.2, 0.25) is 9.36 Å². The lowest BCUT2D eigenvalue weighted by Gasteiger charge is -2.14. The number of anilines is 1. The maximum Gasteiger partial charge on any atom is 0.313 e. The number of methoxy groups -OCH3 is 1. The van der Waals surface area contributed by atoms with Crippen LogP contribution in [0.5, 0.6) is 0 Å². The lowest BCUT2D eigenvalue weighted by Crippen LogP contribution is -2.38. The van der Waals surface area contributed by atoms with Crippen LogP contribution >= 0.6 is 34.5 Å². The number of hydrogen-bond donors (Lipinski definition) is 2. The van der Waals surface area contributed by atoms with Crippen molar-refractivity contribution in [1.82, 2.24) is 5.32 Å². The fourth-order valence-electron chi connectivity index (χ4n) is 1.96. The number of nitrogens with one attached hydrogen (secondary N) is 2. The first-order valence-corrected chi connectivity index (χ1v) is 8.58. The minimum Gasteiger partial charge on any atom is -0.374 e. The molecule has 1 aromatic carbocycles. The number of amides is 2. The summed E-state index contributed by atoms with van der Waals surface area (Å²) in [6.45, 7) is 0.0975. The largest absolute Gasteiger partial charge is 0.374 e. The second-order valence-corrected chi connectivity index (χ2v) is 7.02. The van der Waals surface area contributed by atoms with E-state index in [4.69, 9.17) is 33.2 Å². The summed E-state index contributed by atoms with van der Waals surface area (Å²) >= 11 is 13.0. The third-order valence-electron chi connectivity index (χ3n) is 3.20. The van der Waals surface area contributed by atoms with Crippen LogP contribution in [0.4, 0.5) is 5.69 Å². The van der Waals surface area contributed by atoms with Crippen LogP contribution in [-0.2, 0) is 14.3 Å². The summed E-state index contributed by atoms with van der Waals surface area (Å²) in [6, 6.07) is 9.81. The van der Waals surface area contributed by atoms with Crippen LogP contribution in [-0.4, -0.2) is 25.5 Å². The monoisotopic (exact) mass is 397 g/mol. The Kier molecular flexibility index (Phi) is 6.79. The van der Waals surface area contributed by atoms with E-state index in [9.17, 15) is 9.59 Å². The zero-order valence-corrected chi connectivity index (χ0v) is 15.3. The van der Waals surface area contributed by atoms with Crippen LogP contribution in [0.3, 0.4) is 0 Å². The van der Waals surface area contributed by atoms with Crippen molar-refractivity contribution in [1.29, 1.82) is 5.26 Å². The molecule has 0 spiro atoms. The number of thiophene rings is 1. The molecule has 0 unspecified atom stereocenters. The molecular formula is C16H13Cl2N3O3S. The van der Waals surface area contributed by atoms with Crippen LogP contribution in [0.1, 0.15) is 16.5 Å². The average molecular weight is 398 g/mol. The number of benzene rings is 1. The van der Waals surface area contributed by atoms with E-state index >= 15 is 0 Å². The van der Waals surface area contributed by atoms with Crippen molar-refractivity contribution in [2.75, 3.05) is 19.0 Å². The molecule has 0 bridgehead atoms. The number of carbonyl (C=O) groups excluding carboxylic acids is 2. The Bertz CT molecular complexity index is 832. The average Bonchev–Trinajstić information content (AvgIpc) is 3.01. The molecule has 0 saturated carbocycles. The molecule has 0 aliphatic heterocycles. The van der Waals surface area contributed by atoms with Crippen LogP contribution < -0.4 is 10.6 Å². The van der Waals surface area contributed by atoms with E-state index in [1.54, 1.807) is 12.1 Å². The van der Waals surface area contributed by atoms with Crippen molar-refractivity contribution in [3.05, 3.63) is 50.1 Å². The van der Waals surface area contributed by atoms with Gasteiger partial charge in [-0.05, 0) is 30.3 Å². The summed E-state index contributed by atoms with van der Waals surface area (Å²) in [4.78, 5) is 24.8. The van der Waals surface area contributed by atoms with Gasteiger partial charge >= 0.3 is 11.8 Å². The number of nitrogens with zero attached hydrogens (tertiary/aromatic N) is 1. The van der Waals surface area contributed by atoms with Crippen LogP contribution in [0.15, 0.2) is 30.3 Å². The summed E-state index contributed by atoms with van der Waals surface area (Å²) in [5.41, 5.74) is 0.372.